The summed E-state index contributed by atoms with van der Waals surface area (Å²) in [6.45, 7) is 8.04. The van der Waals surface area contributed by atoms with E-state index in [-0.39, 0.29) is 0 Å². The van der Waals surface area contributed by atoms with Crippen molar-refractivity contribution >= 4 is 0 Å². The van der Waals surface area contributed by atoms with Crippen molar-refractivity contribution in [1.82, 2.24) is 4.90 Å². The number of rotatable bonds is 2. The Labute approximate surface area is 63.4 Å². The van der Waals surface area contributed by atoms with E-state index < -0.39 is 0 Å². The third-order valence-corrected chi connectivity index (χ3v) is 1.93. The summed E-state index contributed by atoms with van der Waals surface area (Å²) in [4.78, 5) is 2.45. The zero-order valence-electron chi connectivity index (χ0n) is 7.01. The largest absolute Gasteiger partial charge is 0.326 e. The minimum absolute atomic E-state index is 0.443. The van der Waals surface area contributed by atoms with Crippen LogP contribution in [0.4, 0.5) is 0 Å². The van der Waals surface area contributed by atoms with Crippen LogP contribution in [0.25, 0.3) is 0 Å². The lowest BCUT2D eigenvalue weighted by Gasteiger charge is -2.16. The van der Waals surface area contributed by atoms with Crippen LogP contribution in [0.15, 0.2) is 0 Å². The smallest absolute Gasteiger partial charge is 0.0180 e. The van der Waals surface area contributed by atoms with Gasteiger partial charge in [-0.2, -0.15) is 0 Å². The van der Waals surface area contributed by atoms with Gasteiger partial charge < -0.3 is 10.6 Å². The fourth-order valence-electron chi connectivity index (χ4n) is 1.54. The normalized spacial score (nSPS) is 28.2. The molecule has 0 bridgehead atoms. The lowest BCUT2D eigenvalue weighted by molar-refractivity contribution is 0.295. The van der Waals surface area contributed by atoms with Crippen molar-refractivity contribution in [2.45, 2.75) is 26.3 Å². The quantitative estimate of drug-likeness (QED) is 0.614. The van der Waals surface area contributed by atoms with Crippen LogP contribution in [0.5, 0.6) is 0 Å². The van der Waals surface area contributed by atoms with Gasteiger partial charge in [0.2, 0.25) is 0 Å². The topological polar surface area (TPSA) is 29.3 Å². The second-order valence-corrected chi connectivity index (χ2v) is 3.70. The fourth-order valence-corrected chi connectivity index (χ4v) is 1.54. The summed E-state index contributed by atoms with van der Waals surface area (Å²) in [5.74, 6) is 0.783. The molecule has 1 aliphatic heterocycles. The van der Waals surface area contributed by atoms with Crippen LogP contribution in [0.1, 0.15) is 20.3 Å². The molecule has 0 aromatic rings. The molecular formula is C8H18N2. The summed E-state index contributed by atoms with van der Waals surface area (Å²) in [6, 6.07) is 0.443. The molecule has 1 fully saturated rings. The highest BCUT2D eigenvalue weighted by molar-refractivity contribution is 4.77. The summed E-state index contributed by atoms with van der Waals surface area (Å²) in [5, 5.41) is 0. The van der Waals surface area contributed by atoms with Gasteiger partial charge in [-0.25, -0.2) is 0 Å². The number of hydrogen-bond donors (Lipinski definition) is 1. The molecule has 0 radical (unpaired) electrons. The molecule has 0 saturated carbocycles. The Morgan fingerprint density at radius 2 is 2.30 bits per heavy atom. The first-order chi connectivity index (χ1) is 4.68. The molecule has 1 rings (SSSR count). The molecule has 1 aliphatic rings. The third-order valence-electron chi connectivity index (χ3n) is 1.93. The van der Waals surface area contributed by atoms with Gasteiger partial charge in [-0.05, 0) is 18.9 Å². The first kappa shape index (κ1) is 8.02. The Morgan fingerprint density at radius 1 is 1.60 bits per heavy atom. The van der Waals surface area contributed by atoms with Gasteiger partial charge in [0.05, 0.1) is 0 Å². The summed E-state index contributed by atoms with van der Waals surface area (Å²) < 4.78 is 0. The van der Waals surface area contributed by atoms with E-state index in [1.54, 1.807) is 0 Å². The summed E-state index contributed by atoms with van der Waals surface area (Å²) in [6.07, 6.45) is 1.19. The summed E-state index contributed by atoms with van der Waals surface area (Å²) >= 11 is 0. The van der Waals surface area contributed by atoms with Gasteiger partial charge in [0.25, 0.3) is 0 Å². The number of likely N-dealkylation sites (tertiary alicyclic amines) is 1. The van der Waals surface area contributed by atoms with Crippen LogP contribution in [0, 0.1) is 5.92 Å². The molecule has 60 valence electrons. The Balaban J connectivity index is 2.18. The van der Waals surface area contributed by atoms with Crippen molar-refractivity contribution in [1.29, 1.82) is 0 Å². The van der Waals surface area contributed by atoms with Crippen molar-refractivity contribution in [2.24, 2.45) is 11.7 Å². The molecule has 0 spiro atoms. The van der Waals surface area contributed by atoms with Gasteiger partial charge in [-0.3, -0.25) is 0 Å². The highest BCUT2D eigenvalue weighted by Crippen LogP contribution is 2.08. The van der Waals surface area contributed by atoms with Crippen LogP contribution in [0.3, 0.4) is 0 Å². The monoisotopic (exact) mass is 142 g/mol. The molecule has 0 aromatic heterocycles. The molecule has 2 heteroatoms. The predicted octanol–water partition coefficient (Wildman–Crippen LogP) is 0.675. The van der Waals surface area contributed by atoms with Crippen molar-refractivity contribution in [2.75, 3.05) is 19.6 Å². The van der Waals surface area contributed by atoms with E-state index in [2.05, 4.69) is 18.7 Å². The van der Waals surface area contributed by atoms with Crippen molar-refractivity contribution < 1.29 is 0 Å². The molecule has 1 atom stereocenters. The number of nitrogens with zero attached hydrogens (tertiary/aromatic N) is 1. The zero-order valence-corrected chi connectivity index (χ0v) is 7.01. The van der Waals surface area contributed by atoms with E-state index in [9.17, 15) is 0 Å². The molecule has 0 aliphatic carbocycles. The number of nitrogens with two attached hydrogens (primary N) is 1. The summed E-state index contributed by atoms with van der Waals surface area (Å²) in [5.41, 5.74) is 5.76. The van der Waals surface area contributed by atoms with Crippen LogP contribution < -0.4 is 5.73 Å². The van der Waals surface area contributed by atoms with Gasteiger partial charge in [-0.15, -0.1) is 0 Å². The minimum Gasteiger partial charge on any atom is -0.326 e. The maximum Gasteiger partial charge on any atom is 0.0180 e. The Hall–Kier alpha value is -0.0800. The second-order valence-electron chi connectivity index (χ2n) is 3.70. The number of hydrogen-bond acceptors (Lipinski definition) is 2. The highest BCUT2D eigenvalue weighted by atomic mass is 15.2. The van der Waals surface area contributed by atoms with Crippen LogP contribution in [-0.4, -0.2) is 30.6 Å². The Morgan fingerprint density at radius 3 is 2.70 bits per heavy atom. The first-order valence-corrected chi connectivity index (χ1v) is 4.16. The van der Waals surface area contributed by atoms with Crippen molar-refractivity contribution in [3.63, 3.8) is 0 Å². The lowest BCUT2D eigenvalue weighted by atomic mass is 10.2. The molecule has 0 aromatic carbocycles. The molecule has 2 N–H and O–H groups in total. The van der Waals surface area contributed by atoms with Crippen LogP contribution in [-0.2, 0) is 0 Å². The van der Waals surface area contributed by atoms with E-state index in [0.29, 0.717) is 6.04 Å². The standard InChI is InChI=1S/C8H18N2/c1-7(2)5-10-4-3-8(9)6-10/h7-8H,3-6,9H2,1-2H3. The molecule has 0 amide bonds. The first-order valence-electron chi connectivity index (χ1n) is 4.16. The van der Waals surface area contributed by atoms with Crippen molar-refractivity contribution in [3.8, 4) is 0 Å². The average Bonchev–Trinajstić information content (AvgIpc) is 2.13. The van der Waals surface area contributed by atoms with Crippen LogP contribution >= 0.6 is 0 Å². The van der Waals surface area contributed by atoms with Gasteiger partial charge in [0, 0.05) is 19.1 Å². The molecular weight excluding hydrogens is 124 g/mol. The van der Waals surface area contributed by atoms with E-state index in [1.165, 1.54) is 19.5 Å². The van der Waals surface area contributed by atoms with Gasteiger partial charge in [-0.1, -0.05) is 13.8 Å². The fraction of sp³-hybridized carbons (Fsp3) is 1.00. The minimum atomic E-state index is 0.443. The van der Waals surface area contributed by atoms with Gasteiger partial charge in [0.15, 0.2) is 0 Å². The summed E-state index contributed by atoms with van der Waals surface area (Å²) in [7, 11) is 0. The highest BCUT2D eigenvalue weighted by Gasteiger charge is 2.18. The predicted molar refractivity (Wildman–Crippen MR) is 43.9 cm³/mol. The molecule has 2 nitrogen and oxygen atoms in total. The third kappa shape index (κ3) is 2.27. The van der Waals surface area contributed by atoms with E-state index in [4.69, 9.17) is 5.73 Å². The Bertz CT molecular complexity index is 101. The maximum absolute atomic E-state index is 5.76. The average molecular weight is 142 g/mol. The second kappa shape index (κ2) is 3.35. The Kier molecular flexibility index (Phi) is 2.69. The van der Waals surface area contributed by atoms with Gasteiger partial charge in [0.1, 0.15) is 0 Å². The zero-order chi connectivity index (χ0) is 7.56. The molecule has 1 heterocycles. The SMILES string of the molecule is CC(C)CN1CCC(N)C1. The maximum atomic E-state index is 5.76. The van der Waals surface area contributed by atoms with Crippen molar-refractivity contribution in [3.05, 3.63) is 0 Å². The molecule has 1 unspecified atom stereocenters. The van der Waals surface area contributed by atoms with E-state index >= 15 is 0 Å². The molecule has 10 heavy (non-hydrogen) atoms. The molecule has 1 saturated heterocycles. The van der Waals surface area contributed by atoms with E-state index in [0.717, 1.165) is 12.5 Å². The van der Waals surface area contributed by atoms with Crippen LogP contribution in [0.2, 0.25) is 0 Å². The van der Waals surface area contributed by atoms with E-state index in [1.807, 2.05) is 0 Å². The lowest BCUT2D eigenvalue weighted by Crippen LogP contribution is -2.29. The van der Waals surface area contributed by atoms with Gasteiger partial charge >= 0.3 is 0 Å².